The number of nitriles is 2. The van der Waals surface area contributed by atoms with E-state index in [-0.39, 0.29) is 26.9 Å². The van der Waals surface area contributed by atoms with Crippen molar-refractivity contribution in [3.8, 4) is 23.5 Å². The second-order valence-electron chi connectivity index (χ2n) is 8.33. The van der Waals surface area contributed by atoms with Gasteiger partial charge in [-0.05, 0) is 16.3 Å². The van der Waals surface area contributed by atoms with Crippen LogP contribution in [0.5, 0.6) is 0 Å². The van der Waals surface area contributed by atoms with Gasteiger partial charge in [0.25, 0.3) is 0 Å². The summed E-state index contributed by atoms with van der Waals surface area (Å²) in [6, 6.07) is 22.6. The molecule has 6 rings (SSSR count). The molecule has 0 heterocycles. The predicted octanol–water partition coefficient (Wildman–Crippen LogP) is 6.62. The molecular weight excluding hydrogens is 461 g/mol. The number of alkyl halides is 3. The van der Waals surface area contributed by atoms with E-state index in [1.54, 1.807) is 73.0 Å². The number of fused-ring (bicyclic) bond motifs is 6. The number of hydrogen-bond donors (Lipinski definition) is 0. The first-order chi connectivity index (χ1) is 17.5. The van der Waals surface area contributed by atoms with E-state index in [1.165, 1.54) is 0 Å². The van der Waals surface area contributed by atoms with E-state index in [2.05, 4.69) is 9.98 Å². The Morgan fingerprint density at radius 1 is 0.556 bits per heavy atom. The number of rotatable bonds is 1. The normalized spacial score (nSPS) is 13.1. The zero-order valence-electron chi connectivity index (χ0n) is 18.4. The lowest BCUT2D eigenvalue weighted by atomic mass is 9.90. The standard InChI is InChI=1S/C29H13F3N4/c30-29(31,32)26-23-18-11-5-7-13-20(18)27(35-14-33)24(23)21(16-8-2-1-3-9-16)22-17-10-4-6-12-19(17)28(25(22)26)36-15-34/h1-13H. The second-order valence-corrected chi connectivity index (χ2v) is 8.33. The first-order valence-electron chi connectivity index (χ1n) is 11.0. The highest BCUT2D eigenvalue weighted by Crippen LogP contribution is 2.48. The molecule has 0 radical (unpaired) electrons. The van der Waals surface area contributed by atoms with Crippen LogP contribution in [0.2, 0.25) is 0 Å². The van der Waals surface area contributed by atoms with Gasteiger partial charge < -0.3 is 0 Å². The van der Waals surface area contributed by atoms with Crippen molar-refractivity contribution in [3.05, 3.63) is 95.1 Å². The summed E-state index contributed by atoms with van der Waals surface area (Å²) in [7, 11) is 0. The minimum atomic E-state index is -4.78. The maximum Gasteiger partial charge on any atom is 0.417 e. The molecular formula is C29H13F3N4. The number of benzene rings is 4. The predicted molar refractivity (Wildman–Crippen MR) is 132 cm³/mol. The molecule has 36 heavy (non-hydrogen) atoms. The Morgan fingerprint density at radius 3 is 1.56 bits per heavy atom. The van der Waals surface area contributed by atoms with E-state index in [1.807, 2.05) is 18.2 Å². The number of halogens is 3. The summed E-state index contributed by atoms with van der Waals surface area (Å²) in [6.07, 6.45) is -1.30. The van der Waals surface area contributed by atoms with Gasteiger partial charge in [-0.25, -0.2) is 0 Å². The summed E-state index contributed by atoms with van der Waals surface area (Å²) in [5.41, 5.74) is 0.313. The lowest BCUT2D eigenvalue weighted by Crippen LogP contribution is -2.12. The highest BCUT2D eigenvalue weighted by molar-refractivity contribution is 6.30. The summed E-state index contributed by atoms with van der Waals surface area (Å²) < 4.78 is 45.1. The Hall–Kier alpha value is -5.01. The van der Waals surface area contributed by atoms with Crippen LogP contribution in [0.1, 0.15) is 5.56 Å². The van der Waals surface area contributed by atoms with E-state index in [9.17, 15) is 10.5 Å². The Morgan fingerprint density at radius 2 is 1.03 bits per heavy atom. The van der Waals surface area contributed by atoms with Crippen molar-refractivity contribution in [2.24, 2.45) is 9.98 Å². The van der Waals surface area contributed by atoms with E-state index >= 15 is 13.2 Å². The van der Waals surface area contributed by atoms with Gasteiger partial charge in [0, 0.05) is 37.9 Å². The van der Waals surface area contributed by atoms with E-state index in [0.717, 1.165) is 0 Å². The van der Waals surface area contributed by atoms with Crippen LogP contribution in [-0.4, -0.2) is 0 Å². The first-order valence-corrected chi connectivity index (χ1v) is 11.0. The number of nitrogens with zero attached hydrogens (tertiary/aromatic N) is 4. The monoisotopic (exact) mass is 474 g/mol. The van der Waals surface area contributed by atoms with Gasteiger partial charge in [0.15, 0.2) is 0 Å². The van der Waals surface area contributed by atoms with Crippen molar-refractivity contribution >= 4 is 43.1 Å². The molecule has 0 saturated carbocycles. The molecule has 4 nitrogen and oxygen atoms in total. The van der Waals surface area contributed by atoms with E-state index in [4.69, 9.17) is 0 Å². The van der Waals surface area contributed by atoms with Crippen LogP contribution < -0.4 is 10.7 Å². The van der Waals surface area contributed by atoms with Crippen LogP contribution in [0.3, 0.4) is 0 Å². The largest absolute Gasteiger partial charge is 0.417 e. The molecule has 0 atom stereocenters. The minimum absolute atomic E-state index is 0.0152. The van der Waals surface area contributed by atoms with Crippen LogP contribution >= 0.6 is 0 Å². The Kier molecular flexibility index (Phi) is 4.64. The van der Waals surface area contributed by atoms with Gasteiger partial charge in [-0.2, -0.15) is 33.7 Å². The van der Waals surface area contributed by atoms with Gasteiger partial charge in [-0.1, -0.05) is 78.9 Å². The molecule has 0 aromatic heterocycles. The van der Waals surface area contributed by atoms with Crippen molar-refractivity contribution in [1.82, 2.24) is 0 Å². The Bertz CT molecular complexity index is 2040. The summed E-state index contributed by atoms with van der Waals surface area (Å²) in [4.78, 5) is 7.92. The zero-order valence-corrected chi connectivity index (χ0v) is 18.4. The molecule has 0 saturated heterocycles. The van der Waals surface area contributed by atoms with Crippen molar-refractivity contribution in [2.75, 3.05) is 0 Å². The summed E-state index contributed by atoms with van der Waals surface area (Å²) in [5, 5.41) is 21.3. The van der Waals surface area contributed by atoms with Crippen molar-refractivity contribution in [2.45, 2.75) is 6.18 Å². The van der Waals surface area contributed by atoms with Gasteiger partial charge in [0.1, 0.15) is 0 Å². The summed E-state index contributed by atoms with van der Waals surface area (Å²) in [5.74, 6) is 0. The van der Waals surface area contributed by atoms with Crippen LogP contribution in [0.15, 0.2) is 88.8 Å². The van der Waals surface area contributed by atoms with Crippen molar-refractivity contribution in [3.63, 3.8) is 0 Å². The molecule has 170 valence electrons. The average Bonchev–Trinajstić information content (AvgIpc) is 3.37. The maximum atomic E-state index is 15.0. The van der Waals surface area contributed by atoms with Crippen LogP contribution in [-0.2, 0) is 6.18 Å². The lowest BCUT2D eigenvalue weighted by Gasteiger charge is -2.16. The molecule has 0 fully saturated rings. The third kappa shape index (κ3) is 2.87. The fraction of sp³-hybridized carbons (Fsp3) is 0.0345. The minimum Gasteiger partial charge on any atom is -0.172 e. The van der Waals surface area contributed by atoms with Gasteiger partial charge in [-0.15, -0.1) is 0 Å². The first kappa shape index (κ1) is 21.5. The molecule has 6 aromatic rings. The molecule has 0 aliphatic heterocycles. The highest BCUT2D eigenvalue weighted by atomic mass is 19.4. The topological polar surface area (TPSA) is 72.3 Å². The molecule has 0 aliphatic carbocycles. The Labute approximate surface area is 201 Å². The van der Waals surface area contributed by atoms with Gasteiger partial charge >= 0.3 is 6.18 Å². The van der Waals surface area contributed by atoms with Gasteiger partial charge in [0.2, 0.25) is 12.4 Å². The molecule has 0 amide bonds. The third-order valence-corrected chi connectivity index (χ3v) is 6.55. The van der Waals surface area contributed by atoms with Crippen molar-refractivity contribution in [1.29, 1.82) is 10.5 Å². The fourth-order valence-corrected chi connectivity index (χ4v) is 5.36. The zero-order chi connectivity index (χ0) is 25.0. The quantitative estimate of drug-likeness (QED) is 0.251. The molecule has 0 unspecified atom stereocenters. The fourth-order valence-electron chi connectivity index (χ4n) is 5.36. The van der Waals surface area contributed by atoms with E-state index in [0.29, 0.717) is 38.1 Å². The summed E-state index contributed by atoms with van der Waals surface area (Å²) in [6.45, 7) is 0. The molecule has 0 spiro atoms. The smallest absolute Gasteiger partial charge is 0.172 e. The van der Waals surface area contributed by atoms with Crippen LogP contribution in [0.25, 0.3) is 54.2 Å². The molecule has 0 bridgehead atoms. The maximum absolute atomic E-state index is 15.0. The molecule has 0 N–H and O–H groups in total. The highest BCUT2D eigenvalue weighted by Gasteiger charge is 2.39. The van der Waals surface area contributed by atoms with Gasteiger partial charge in [-0.3, -0.25) is 0 Å². The third-order valence-electron chi connectivity index (χ3n) is 6.55. The SMILES string of the molecule is N#CN=c1c2ccccc2c2c(-c3ccccc3)c3c(=NC#N)c4ccccc4c3c(C(F)(F)F)c12. The molecule has 7 heteroatoms. The second kappa shape index (κ2) is 7.76. The van der Waals surface area contributed by atoms with Crippen LogP contribution in [0, 0.1) is 22.9 Å². The molecule has 6 aromatic carbocycles. The molecule has 0 aliphatic rings. The van der Waals surface area contributed by atoms with E-state index < -0.39 is 11.7 Å². The Balaban J connectivity index is 2.15. The summed E-state index contributed by atoms with van der Waals surface area (Å²) >= 11 is 0. The lowest BCUT2D eigenvalue weighted by molar-refractivity contribution is -0.135. The number of hydrogen-bond acceptors (Lipinski definition) is 4. The van der Waals surface area contributed by atoms with Crippen LogP contribution in [0.4, 0.5) is 13.2 Å². The van der Waals surface area contributed by atoms with Gasteiger partial charge in [0.05, 0.1) is 16.3 Å². The average molecular weight is 474 g/mol. The van der Waals surface area contributed by atoms with Crippen molar-refractivity contribution < 1.29 is 13.2 Å².